The normalized spacial score (nSPS) is 22.0. The highest BCUT2D eigenvalue weighted by molar-refractivity contribution is 5.92. The van der Waals surface area contributed by atoms with E-state index in [2.05, 4.69) is 10.3 Å². The Kier molecular flexibility index (Phi) is 5.95. The van der Waals surface area contributed by atoms with Gasteiger partial charge in [-0.15, -0.1) is 0 Å². The summed E-state index contributed by atoms with van der Waals surface area (Å²) in [6.07, 6.45) is 5.18. The monoisotopic (exact) mass is 293 g/mol. The topological polar surface area (TPSA) is 97.2 Å². The number of nitrogens with one attached hydrogen (secondary N) is 2. The summed E-state index contributed by atoms with van der Waals surface area (Å²) in [5.74, 6) is -0.267. The van der Waals surface area contributed by atoms with E-state index in [0.29, 0.717) is 25.3 Å². The van der Waals surface area contributed by atoms with Crippen LogP contribution in [0.15, 0.2) is 23.0 Å². The van der Waals surface area contributed by atoms with Gasteiger partial charge in [-0.05, 0) is 38.2 Å². The molecule has 0 aliphatic heterocycles. The molecule has 0 spiro atoms. The molecule has 0 atom stereocenters. The standard InChI is InChI=1S/C15H23N3O3/c16-11-5-7-12(8-6-11)21-10-2-9-17-15(20)13-3-1-4-14(19)18-13/h1,3-4,11-12H,2,5-10,16H2,(H,17,20)(H,18,19). The van der Waals surface area contributed by atoms with Crippen molar-refractivity contribution in [3.8, 4) is 0 Å². The third-order valence-electron chi connectivity index (χ3n) is 3.69. The van der Waals surface area contributed by atoms with E-state index in [1.165, 1.54) is 6.07 Å². The summed E-state index contributed by atoms with van der Waals surface area (Å²) >= 11 is 0. The smallest absolute Gasteiger partial charge is 0.267 e. The molecule has 0 aromatic carbocycles. The molecular formula is C15H23N3O3. The summed E-state index contributed by atoms with van der Waals surface area (Å²) in [6.45, 7) is 1.16. The van der Waals surface area contributed by atoms with Crippen molar-refractivity contribution >= 4 is 5.91 Å². The average molecular weight is 293 g/mol. The lowest BCUT2D eigenvalue weighted by Crippen LogP contribution is -2.31. The average Bonchev–Trinajstić information content (AvgIpc) is 2.48. The lowest BCUT2D eigenvalue weighted by molar-refractivity contribution is 0.0241. The quantitative estimate of drug-likeness (QED) is 0.675. The first-order valence-electron chi connectivity index (χ1n) is 7.50. The molecule has 1 aliphatic carbocycles. The SMILES string of the molecule is NC1CCC(OCCCNC(=O)c2cccc(=O)[nH]2)CC1. The van der Waals surface area contributed by atoms with Crippen LogP contribution in [0.3, 0.4) is 0 Å². The van der Waals surface area contributed by atoms with Crippen LogP contribution in [-0.4, -0.2) is 36.2 Å². The minimum Gasteiger partial charge on any atom is -0.378 e. The second-order valence-corrected chi connectivity index (χ2v) is 5.45. The maximum absolute atomic E-state index is 11.8. The number of amides is 1. The molecule has 1 saturated carbocycles. The van der Waals surface area contributed by atoms with Gasteiger partial charge in [-0.2, -0.15) is 0 Å². The first-order valence-corrected chi connectivity index (χ1v) is 7.50. The van der Waals surface area contributed by atoms with Gasteiger partial charge < -0.3 is 20.8 Å². The summed E-state index contributed by atoms with van der Waals surface area (Å²) in [7, 11) is 0. The molecule has 21 heavy (non-hydrogen) atoms. The zero-order valence-electron chi connectivity index (χ0n) is 12.1. The molecule has 1 amide bonds. The fourth-order valence-electron chi connectivity index (χ4n) is 2.45. The van der Waals surface area contributed by atoms with Crippen molar-refractivity contribution in [2.24, 2.45) is 5.73 Å². The van der Waals surface area contributed by atoms with Gasteiger partial charge in [0.25, 0.3) is 5.91 Å². The molecule has 0 radical (unpaired) electrons. The third-order valence-corrected chi connectivity index (χ3v) is 3.69. The highest BCUT2D eigenvalue weighted by Gasteiger charge is 2.18. The van der Waals surface area contributed by atoms with Crippen molar-refractivity contribution in [2.75, 3.05) is 13.2 Å². The number of aromatic amines is 1. The summed E-state index contributed by atoms with van der Waals surface area (Å²) < 4.78 is 5.77. The van der Waals surface area contributed by atoms with E-state index in [4.69, 9.17) is 10.5 Å². The number of pyridine rings is 1. The largest absolute Gasteiger partial charge is 0.378 e. The number of ether oxygens (including phenoxy) is 1. The minimum atomic E-state index is -0.276. The van der Waals surface area contributed by atoms with Gasteiger partial charge in [0.2, 0.25) is 5.56 Å². The zero-order chi connectivity index (χ0) is 15.1. The van der Waals surface area contributed by atoms with E-state index in [0.717, 1.165) is 32.1 Å². The first-order chi connectivity index (χ1) is 10.1. The second-order valence-electron chi connectivity index (χ2n) is 5.45. The van der Waals surface area contributed by atoms with Crippen LogP contribution in [0, 0.1) is 0 Å². The van der Waals surface area contributed by atoms with Crippen molar-refractivity contribution < 1.29 is 9.53 Å². The Morgan fingerprint density at radius 3 is 2.81 bits per heavy atom. The molecule has 1 aliphatic rings. The Balaban J connectivity index is 1.59. The summed E-state index contributed by atoms with van der Waals surface area (Å²) in [5, 5.41) is 2.76. The molecule has 1 aromatic rings. The number of H-pyrrole nitrogens is 1. The number of hydrogen-bond acceptors (Lipinski definition) is 4. The fraction of sp³-hybridized carbons (Fsp3) is 0.600. The summed E-state index contributed by atoms with van der Waals surface area (Å²) in [6, 6.07) is 4.85. The Hall–Kier alpha value is -1.66. The predicted octanol–water partition coefficient (Wildman–Crippen LogP) is 0.781. The van der Waals surface area contributed by atoms with Gasteiger partial charge in [0.15, 0.2) is 0 Å². The van der Waals surface area contributed by atoms with Crippen molar-refractivity contribution in [1.29, 1.82) is 0 Å². The highest BCUT2D eigenvalue weighted by Crippen LogP contribution is 2.19. The maximum Gasteiger partial charge on any atom is 0.267 e. The lowest BCUT2D eigenvalue weighted by Gasteiger charge is -2.26. The minimum absolute atomic E-state index is 0.267. The summed E-state index contributed by atoms with van der Waals surface area (Å²) in [4.78, 5) is 25.4. The van der Waals surface area contributed by atoms with Gasteiger partial charge in [0, 0.05) is 25.3 Å². The van der Waals surface area contributed by atoms with Gasteiger partial charge >= 0.3 is 0 Å². The third kappa shape index (κ3) is 5.32. The van der Waals surface area contributed by atoms with E-state index < -0.39 is 0 Å². The van der Waals surface area contributed by atoms with E-state index in [1.807, 2.05) is 0 Å². The fourth-order valence-corrected chi connectivity index (χ4v) is 2.45. The highest BCUT2D eigenvalue weighted by atomic mass is 16.5. The predicted molar refractivity (Wildman–Crippen MR) is 80.2 cm³/mol. The van der Waals surface area contributed by atoms with Crippen LogP contribution in [0.2, 0.25) is 0 Å². The van der Waals surface area contributed by atoms with Crippen LogP contribution in [0.1, 0.15) is 42.6 Å². The molecule has 116 valence electrons. The van der Waals surface area contributed by atoms with Gasteiger partial charge in [-0.1, -0.05) is 6.07 Å². The Bertz CT molecular complexity index is 507. The lowest BCUT2D eigenvalue weighted by atomic mass is 9.94. The Labute approximate surface area is 124 Å². The Morgan fingerprint density at radius 1 is 1.33 bits per heavy atom. The van der Waals surface area contributed by atoms with E-state index in [1.54, 1.807) is 12.1 Å². The van der Waals surface area contributed by atoms with Crippen LogP contribution in [0.25, 0.3) is 0 Å². The van der Waals surface area contributed by atoms with Crippen molar-refractivity contribution in [3.63, 3.8) is 0 Å². The number of carbonyl (C=O) groups is 1. The van der Waals surface area contributed by atoms with Crippen molar-refractivity contribution in [3.05, 3.63) is 34.2 Å². The zero-order valence-corrected chi connectivity index (χ0v) is 12.1. The number of nitrogens with two attached hydrogens (primary N) is 1. The Morgan fingerprint density at radius 2 is 2.10 bits per heavy atom. The van der Waals surface area contributed by atoms with Gasteiger partial charge in [-0.25, -0.2) is 0 Å². The van der Waals surface area contributed by atoms with E-state index >= 15 is 0 Å². The molecule has 0 saturated heterocycles. The van der Waals surface area contributed by atoms with Gasteiger partial charge in [0.05, 0.1) is 6.10 Å². The maximum atomic E-state index is 11.8. The van der Waals surface area contributed by atoms with E-state index in [9.17, 15) is 9.59 Å². The number of hydrogen-bond donors (Lipinski definition) is 3. The number of rotatable bonds is 6. The molecule has 0 bridgehead atoms. The van der Waals surface area contributed by atoms with Crippen molar-refractivity contribution in [1.82, 2.24) is 10.3 Å². The van der Waals surface area contributed by atoms with Crippen LogP contribution in [0.5, 0.6) is 0 Å². The van der Waals surface area contributed by atoms with Crippen molar-refractivity contribution in [2.45, 2.75) is 44.2 Å². The second kappa shape index (κ2) is 7.95. The molecule has 1 heterocycles. The van der Waals surface area contributed by atoms with Crippen LogP contribution < -0.4 is 16.6 Å². The molecule has 2 rings (SSSR count). The molecule has 1 aromatic heterocycles. The molecule has 0 unspecified atom stereocenters. The van der Waals surface area contributed by atoms with E-state index in [-0.39, 0.29) is 17.2 Å². The number of aromatic nitrogens is 1. The van der Waals surface area contributed by atoms with Gasteiger partial charge in [-0.3, -0.25) is 9.59 Å². The van der Waals surface area contributed by atoms with Crippen LogP contribution in [-0.2, 0) is 4.74 Å². The van der Waals surface area contributed by atoms with Crippen LogP contribution >= 0.6 is 0 Å². The molecule has 6 heteroatoms. The number of carbonyl (C=O) groups excluding carboxylic acids is 1. The van der Waals surface area contributed by atoms with Crippen LogP contribution in [0.4, 0.5) is 0 Å². The molecule has 6 nitrogen and oxygen atoms in total. The first kappa shape index (κ1) is 15.7. The molecule has 4 N–H and O–H groups in total. The van der Waals surface area contributed by atoms with Gasteiger partial charge in [0.1, 0.15) is 5.69 Å². The summed E-state index contributed by atoms with van der Waals surface area (Å²) in [5.41, 5.74) is 5.85. The molecule has 1 fully saturated rings. The molecular weight excluding hydrogens is 270 g/mol.